The van der Waals surface area contributed by atoms with Gasteiger partial charge in [-0.2, -0.15) is 5.10 Å². The number of hydrogen-bond donors (Lipinski definition) is 2. The summed E-state index contributed by atoms with van der Waals surface area (Å²) in [4.78, 5) is 14.9. The number of aryl methyl sites for hydroxylation is 1. The Balaban J connectivity index is 1.64. The van der Waals surface area contributed by atoms with E-state index in [1.54, 1.807) is 6.20 Å². The molecule has 1 aliphatic heterocycles. The Morgan fingerprint density at radius 3 is 2.72 bits per heavy atom. The quantitative estimate of drug-likeness (QED) is 0.833. The summed E-state index contributed by atoms with van der Waals surface area (Å²) in [6.07, 6.45) is 1.62. The third-order valence-electron chi connectivity index (χ3n) is 4.96. The highest BCUT2D eigenvalue weighted by Crippen LogP contribution is 2.20. The average molecular weight is 342 g/mol. The topological polar surface area (TPSA) is 70.4 Å². The molecule has 1 aromatic carbocycles. The molecule has 1 aromatic heterocycles. The summed E-state index contributed by atoms with van der Waals surface area (Å²) in [5.74, 6) is -0.0589. The van der Waals surface area contributed by atoms with E-state index in [1.807, 2.05) is 36.7 Å². The molecule has 6 nitrogen and oxygen atoms in total. The van der Waals surface area contributed by atoms with Crippen LogP contribution in [0.3, 0.4) is 0 Å². The first kappa shape index (κ1) is 17.6. The maximum atomic E-state index is 12.6. The average Bonchev–Trinajstić information content (AvgIpc) is 3.18. The molecular weight excluding hydrogens is 316 g/mol. The predicted octanol–water partition coefficient (Wildman–Crippen LogP) is 1.43. The van der Waals surface area contributed by atoms with E-state index in [0.717, 1.165) is 31.9 Å². The second-order valence-corrected chi connectivity index (χ2v) is 6.66. The van der Waals surface area contributed by atoms with Crippen LogP contribution in [0, 0.1) is 12.8 Å². The molecule has 2 aromatic rings. The Kier molecular flexibility index (Phi) is 5.50. The Morgan fingerprint density at radius 2 is 2.08 bits per heavy atom. The van der Waals surface area contributed by atoms with E-state index < -0.39 is 0 Å². The second kappa shape index (κ2) is 7.80. The van der Waals surface area contributed by atoms with E-state index in [9.17, 15) is 9.90 Å². The second-order valence-electron chi connectivity index (χ2n) is 6.66. The Morgan fingerprint density at radius 1 is 1.32 bits per heavy atom. The summed E-state index contributed by atoms with van der Waals surface area (Å²) < 4.78 is 1.81. The summed E-state index contributed by atoms with van der Waals surface area (Å²) in [6.45, 7) is 7.08. The third kappa shape index (κ3) is 3.91. The lowest BCUT2D eigenvalue weighted by molar-refractivity contribution is 0.0920. The van der Waals surface area contributed by atoms with Crippen LogP contribution < -0.4 is 5.32 Å². The van der Waals surface area contributed by atoms with E-state index in [0.29, 0.717) is 5.56 Å². The van der Waals surface area contributed by atoms with Crippen LogP contribution in [0.5, 0.6) is 0 Å². The smallest absolute Gasteiger partial charge is 0.255 e. The number of nitrogens with one attached hydrogen (secondary N) is 1. The molecule has 0 spiro atoms. The fraction of sp³-hybridized carbons (Fsp3) is 0.474. The zero-order valence-corrected chi connectivity index (χ0v) is 14.9. The van der Waals surface area contributed by atoms with Crippen molar-refractivity contribution in [2.45, 2.75) is 33.0 Å². The SMILES string of the molecule is CCn1ncc(C(=O)N[C@@H]2CN(Cc3ccccc3)C[C@H]2CO)c1C. The van der Waals surface area contributed by atoms with Crippen LogP contribution in [0.15, 0.2) is 36.5 Å². The minimum absolute atomic E-state index is 0.0502. The molecule has 0 aliphatic carbocycles. The number of carbonyl (C=O) groups excluding carboxylic acids is 1. The van der Waals surface area contributed by atoms with Crippen LogP contribution in [0.25, 0.3) is 0 Å². The normalized spacial score (nSPS) is 20.8. The van der Waals surface area contributed by atoms with Crippen molar-refractivity contribution < 1.29 is 9.90 Å². The lowest BCUT2D eigenvalue weighted by Crippen LogP contribution is -2.41. The highest BCUT2D eigenvalue weighted by Gasteiger charge is 2.33. The molecule has 1 fully saturated rings. The van der Waals surface area contributed by atoms with Crippen LogP contribution in [0.4, 0.5) is 0 Å². The van der Waals surface area contributed by atoms with Gasteiger partial charge in [-0.15, -0.1) is 0 Å². The summed E-state index contributed by atoms with van der Waals surface area (Å²) in [5.41, 5.74) is 2.73. The number of benzene rings is 1. The van der Waals surface area contributed by atoms with Gasteiger partial charge in [-0.25, -0.2) is 0 Å². The summed E-state index contributed by atoms with van der Waals surface area (Å²) in [6, 6.07) is 10.2. The number of nitrogens with zero attached hydrogens (tertiary/aromatic N) is 3. The van der Waals surface area contributed by atoms with Crippen molar-refractivity contribution in [2.24, 2.45) is 5.92 Å². The molecule has 0 saturated carbocycles. The number of rotatable bonds is 6. The van der Waals surface area contributed by atoms with Crippen molar-refractivity contribution in [3.8, 4) is 0 Å². The van der Waals surface area contributed by atoms with E-state index >= 15 is 0 Å². The molecule has 134 valence electrons. The zero-order valence-electron chi connectivity index (χ0n) is 14.9. The first-order valence-electron chi connectivity index (χ1n) is 8.82. The van der Waals surface area contributed by atoms with Crippen molar-refractivity contribution in [1.29, 1.82) is 0 Å². The van der Waals surface area contributed by atoms with Crippen LogP contribution in [0.1, 0.15) is 28.5 Å². The van der Waals surface area contributed by atoms with Crippen molar-refractivity contribution >= 4 is 5.91 Å². The monoisotopic (exact) mass is 342 g/mol. The highest BCUT2D eigenvalue weighted by molar-refractivity contribution is 5.95. The number of aliphatic hydroxyl groups excluding tert-OH is 1. The van der Waals surface area contributed by atoms with Gasteiger partial charge in [0.1, 0.15) is 0 Å². The van der Waals surface area contributed by atoms with Gasteiger partial charge in [0.2, 0.25) is 0 Å². The maximum absolute atomic E-state index is 12.6. The standard InChI is InChI=1S/C19H26N4O2/c1-3-23-14(2)17(9-20-23)19(25)21-18-12-22(11-16(18)13-24)10-15-7-5-4-6-8-15/h4-9,16,18,24H,3,10-13H2,1-2H3,(H,21,25)/t16-,18+/m0/s1. The minimum Gasteiger partial charge on any atom is -0.396 e. The van der Waals surface area contributed by atoms with E-state index in [4.69, 9.17) is 0 Å². The molecule has 2 N–H and O–H groups in total. The van der Waals surface area contributed by atoms with Crippen LogP contribution in [-0.4, -0.2) is 51.4 Å². The molecule has 0 bridgehead atoms. The van der Waals surface area contributed by atoms with Gasteiger partial charge in [0.15, 0.2) is 0 Å². The predicted molar refractivity (Wildman–Crippen MR) is 96.2 cm³/mol. The van der Waals surface area contributed by atoms with E-state index in [2.05, 4.69) is 27.4 Å². The first-order valence-corrected chi connectivity index (χ1v) is 8.82. The summed E-state index contributed by atoms with van der Waals surface area (Å²) in [5, 5.41) is 17.0. The van der Waals surface area contributed by atoms with Crippen LogP contribution in [-0.2, 0) is 13.1 Å². The number of carbonyl (C=O) groups is 1. The number of aromatic nitrogens is 2. The van der Waals surface area contributed by atoms with Gasteiger partial charge in [-0.3, -0.25) is 14.4 Å². The van der Waals surface area contributed by atoms with Crippen molar-refractivity contribution in [3.05, 3.63) is 53.3 Å². The largest absolute Gasteiger partial charge is 0.396 e. The lowest BCUT2D eigenvalue weighted by Gasteiger charge is -2.18. The number of aliphatic hydroxyl groups is 1. The molecule has 1 amide bonds. The number of amides is 1. The molecule has 3 rings (SSSR count). The Bertz CT molecular complexity index is 713. The van der Waals surface area contributed by atoms with Gasteiger partial charge >= 0.3 is 0 Å². The first-order chi connectivity index (χ1) is 12.1. The van der Waals surface area contributed by atoms with Gasteiger partial charge in [-0.05, 0) is 19.4 Å². The third-order valence-corrected chi connectivity index (χ3v) is 4.96. The van der Waals surface area contributed by atoms with Gasteiger partial charge in [0.25, 0.3) is 5.91 Å². The number of likely N-dealkylation sites (tertiary alicyclic amines) is 1. The molecular formula is C19H26N4O2. The Hall–Kier alpha value is -2.18. The highest BCUT2D eigenvalue weighted by atomic mass is 16.3. The lowest BCUT2D eigenvalue weighted by atomic mass is 10.0. The molecule has 0 radical (unpaired) electrons. The van der Waals surface area contributed by atoms with Gasteiger partial charge < -0.3 is 10.4 Å². The van der Waals surface area contributed by atoms with Crippen LogP contribution in [0.2, 0.25) is 0 Å². The van der Waals surface area contributed by atoms with Gasteiger partial charge in [-0.1, -0.05) is 30.3 Å². The van der Waals surface area contributed by atoms with E-state index in [1.165, 1.54) is 5.56 Å². The molecule has 25 heavy (non-hydrogen) atoms. The van der Waals surface area contributed by atoms with E-state index in [-0.39, 0.29) is 24.5 Å². The minimum atomic E-state index is -0.109. The van der Waals surface area contributed by atoms with Gasteiger partial charge in [0.05, 0.1) is 11.8 Å². The van der Waals surface area contributed by atoms with Crippen molar-refractivity contribution in [2.75, 3.05) is 19.7 Å². The van der Waals surface area contributed by atoms with Crippen molar-refractivity contribution in [3.63, 3.8) is 0 Å². The molecule has 1 saturated heterocycles. The molecule has 6 heteroatoms. The van der Waals surface area contributed by atoms with Crippen LogP contribution >= 0.6 is 0 Å². The molecule has 0 unspecified atom stereocenters. The zero-order chi connectivity index (χ0) is 17.8. The molecule has 1 aliphatic rings. The molecule has 2 heterocycles. The fourth-order valence-electron chi connectivity index (χ4n) is 3.51. The maximum Gasteiger partial charge on any atom is 0.255 e. The summed E-state index contributed by atoms with van der Waals surface area (Å²) >= 11 is 0. The van der Waals surface area contributed by atoms with Gasteiger partial charge in [0, 0.05) is 50.4 Å². The molecule has 2 atom stereocenters. The Labute approximate surface area is 148 Å². The van der Waals surface area contributed by atoms with Crippen molar-refractivity contribution in [1.82, 2.24) is 20.0 Å². The number of hydrogen-bond acceptors (Lipinski definition) is 4. The fourth-order valence-corrected chi connectivity index (χ4v) is 3.51. The summed E-state index contributed by atoms with van der Waals surface area (Å²) in [7, 11) is 0.